The van der Waals surface area contributed by atoms with E-state index in [0.29, 0.717) is 6.42 Å². The van der Waals surface area contributed by atoms with Gasteiger partial charge in [-0.05, 0) is 26.2 Å². The number of rotatable bonds is 2. The van der Waals surface area contributed by atoms with Crippen molar-refractivity contribution in [1.82, 2.24) is 0 Å². The Kier molecular flexibility index (Phi) is 2.96. The van der Waals surface area contributed by atoms with Crippen LogP contribution in [-0.2, 0) is 9.53 Å². The van der Waals surface area contributed by atoms with E-state index in [0.717, 1.165) is 12.8 Å². The molecule has 0 bridgehead atoms. The lowest BCUT2D eigenvalue weighted by Crippen LogP contribution is -2.45. The quantitative estimate of drug-likeness (QED) is 0.664. The summed E-state index contributed by atoms with van der Waals surface area (Å²) in [5.74, 6) is -0.186. The molecule has 0 aromatic heterocycles. The van der Waals surface area contributed by atoms with Crippen molar-refractivity contribution in [3.63, 3.8) is 0 Å². The summed E-state index contributed by atoms with van der Waals surface area (Å²) in [4.78, 5) is 11.2. The van der Waals surface area contributed by atoms with Crippen molar-refractivity contribution in [2.24, 2.45) is 5.92 Å². The fraction of sp³-hybridized carbons (Fsp3) is 0.900. The van der Waals surface area contributed by atoms with Crippen molar-refractivity contribution in [2.75, 3.05) is 0 Å². The zero-order chi connectivity index (χ0) is 10.1. The van der Waals surface area contributed by atoms with Gasteiger partial charge in [0, 0.05) is 0 Å². The highest BCUT2D eigenvalue weighted by molar-refractivity contribution is 5.72. The number of hydrogen-bond acceptors (Lipinski definition) is 3. The third-order valence-electron chi connectivity index (χ3n) is 2.93. The second-order valence-electron chi connectivity index (χ2n) is 4.11. The number of aliphatic hydroxyl groups is 1. The third kappa shape index (κ3) is 2.21. The Balaban J connectivity index is 2.60. The maximum Gasteiger partial charge on any atom is 0.309 e. The van der Waals surface area contributed by atoms with Crippen molar-refractivity contribution in [2.45, 2.75) is 51.7 Å². The van der Waals surface area contributed by atoms with E-state index in [1.807, 2.05) is 13.8 Å². The minimum atomic E-state index is -0.865. The van der Waals surface area contributed by atoms with Crippen molar-refractivity contribution in [3.05, 3.63) is 0 Å². The van der Waals surface area contributed by atoms with Gasteiger partial charge in [-0.15, -0.1) is 0 Å². The molecular formula is C10H18O3. The first-order valence-electron chi connectivity index (χ1n) is 4.90. The van der Waals surface area contributed by atoms with Crippen LogP contribution in [0.15, 0.2) is 0 Å². The van der Waals surface area contributed by atoms with Crippen LogP contribution in [0.25, 0.3) is 0 Å². The molecular weight excluding hydrogens is 168 g/mol. The minimum Gasteiger partial charge on any atom is -0.459 e. The highest BCUT2D eigenvalue weighted by Gasteiger charge is 2.37. The standard InChI is InChI=1S/C10H18O3/c1-4-10(3,12)8-6-5-7(2)9(11)13-8/h7-8,12H,4-6H2,1-3H3. The first kappa shape index (κ1) is 10.5. The third-order valence-corrected chi connectivity index (χ3v) is 2.93. The van der Waals surface area contributed by atoms with Crippen LogP contribution in [0.1, 0.15) is 40.0 Å². The maximum atomic E-state index is 11.2. The second-order valence-corrected chi connectivity index (χ2v) is 4.11. The average molecular weight is 186 g/mol. The van der Waals surface area contributed by atoms with Gasteiger partial charge in [0.15, 0.2) is 0 Å². The molecule has 1 aliphatic heterocycles. The number of hydrogen-bond donors (Lipinski definition) is 1. The van der Waals surface area contributed by atoms with E-state index in [9.17, 15) is 9.90 Å². The highest BCUT2D eigenvalue weighted by atomic mass is 16.6. The normalized spacial score (nSPS) is 33.7. The van der Waals surface area contributed by atoms with Gasteiger partial charge < -0.3 is 9.84 Å². The summed E-state index contributed by atoms with van der Waals surface area (Å²) in [7, 11) is 0. The predicted octanol–water partition coefficient (Wildman–Crippen LogP) is 1.49. The number of carbonyl (C=O) groups is 1. The van der Waals surface area contributed by atoms with E-state index in [2.05, 4.69) is 0 Å². The van der Waals surface area contributed by atoms with Crippen LogP contribution < -0.4 is 0 Å². The van der Waals surface area contributed by atoms with Crippen LogP contribution in [0.5, 0.6) is 0 Å². The fourth-order valence-corrected chi connectivity index (χ4v) is 1.50. The van der Waals surface area contributed by atoms with E-state index in [1.165, 1.54) is 0 Å². The van der Waals surface area contributed by atoms with Crippen LogP contribution >= 0.6 is 0 Å². The molecule has 0 aromatic rings. The zero-order valence-corrected chi connectivity index (χ0v) is 8.54. The number of esters is 1. The van der Waals surface area contributed by atoms with Crippen LogP contribution in [0.2, 0.25) is 0 Å². The first-order valence-corrected chi connectivity index (χ1v) is 4.90. The van der Waals surface area contributed by atoms with E-state index >= 15 is 0 Å². The topological polar surface area (TPSA) is 46.5 Å². The lowest BCUT2D eigenvalue weighted by atomic mass is 9.88. The summed E-state index contributed by atoms with van der Waals surface area (Å²) in [6.07, 6.45) is 1.88. The molecule has 0 amide bonds. The van der Waals surface area contributed by atoms with E-state index in [-0.39, 0.29) is 18.0 Å². The van der Waals surface area contributed by atoms with Gasteiger partial charge in [0.05, 0.1) is 11.5 Å². The largest absolute Gasteiger partial charge is 0.459 e. The lowest BCUT2D eigenvalue weighted by molar-refractivity contribution is -0.177. The van der Waals surface area contributed by atoms with E-state index < -0.39 is 5.60 Å². The Morgan fingerprint density at radius 2 is 2.23 bits per heavy atom. The molecule has 1 rings (SSSR count). The molecule has 3 heteroatoms. The second kappa shape index (κ2) is 3.66. The highest BCUT2D eigenvalue weighted by Crippen LogP contribution is 2.28. The van der Waals surface area contributed by atoms with Gasteiger partial charge in [-0.1, -0.05) is 13.8 Å². The Morgan fingerprint density at radius 1 is 1.62 bits per heavy atom. The van der Waals surface area contributed by atoms with Gasteiger partial charge in [-0.25, -0.2) is 0 Å². The Morgan fingerprint density at radius 3 is 2.69 bits per heavy atom. The van der Waals surface area contributed by atoms with Crippen molar-refractivity contribution >= 4 is 5.97 Å². The summed E-state index contributed by atoms with van der Waals surface area (Å²) in [6, 6.07) is 0. The molecule has 0 saturated carbocycles. The van der Waals surface area contributed by atoms with Crippen LogP contribution in [-0.4, -0.2) is 22.8 Å². The molecule has 1 aliphatic rings. The zero-order valence-electron chi connectivity index (χ0n) is 8.54. The summed E-state index contributed by atoms with van der Waals surface area (Å²) >= 11 is 0. The van der Waals surface area contributed by atoms with Gasteiger partial charge >= 0.3 is 5.97 Å². The summed E-state index contributed by atoms with van der Waals surface area (Å²) < 4.78 is 5.17. The van der Waals surface area contributed by atoms with Crippen LogP contribution in [0, 0.1) is 5.92 Å². The summed E-state index contributed by atoms with van der Waals surface area (Å²) in [5, 5.41) is 9.87. The van der Waals surface area contributed by atoms with E-state index in [4.69, 9.17) is 4.74 Å². The SMILES string of the molecule is CCC(C)(O)C1CCC(C)C(=O)O1. The van der Waals surface area contributed by atoms with Crippen molar-refractivity contribution in [1.29, 1.82) is 0 Å². The van der Waals surface area contributed by atoms with Gasteiger partial charge in [-0.2, -0.15) is 0 Å². The predicted molar refractivity (Wildman–Crippen MR) is 49.2 cm³/mol. The molecule has 76 valence electrons. The number of ether oxygens (including phenoxy) is 1. The molecule has 1 saturated heterocycles. The molecule has 0 aliphatic carbocycles. The van der Waals surface area contributed by atoms with E-state index in [1.54, 1.807) is 6.92 Å². The molecule has 1 heterocycles. The molecule has 13 heavy (non-hydrogen) atoms. The van der Waals surface area contributed by atoms with Gasteiger partial charge in [0.1, 0.15) is 6.10 Å². The molecule has 0 aromatic carbocycles. The van der Waals surface area contributed by atoms with Crippen LogP contribution in [0.3, 0.4) is 0 Å². The minimum absolute atomic E-state index is 0.0103. The molecule has 3 unspecified atom stereocenters. The molecule has 0 spiro atoms. The van der Waals surface area contributed by atoms with Crippen LogP contribution in [0.4, 0.5) is 0 Å². The fourth-order valence-electron chi connectivity index (χ4n) is 1.50. The lowest BCUT2D eigenvalue weighted by Gasteiger charge is -2.35. The molecule has 3 atom stereocenters. The monoisotopic (exact) mass is 186 g/mol. The van der Waals surface area contributed by atoms with Gasteiger partial charge in [0.2, 0.25) is 0 Å². The summed E-state index contributed by atoms with van der Waals surface area (Å²) in [5.41, 5.74) is -0.865. The smallest absolute Gasteiger partial charge is 0.309 e. The Hall–Kier alpha value is -0.570. The van der Waals surface area contributed by atoms with Crippen molar-refractivity contribution < 1.29 is 14.6 Å². The molecule has 1 fully saturated rings. The first-order chi connectivity index (χ1) is 5.97. The molecule has 1 N–H and O–H groups in total. The van der Waals surface area contributed by atoms with Crippen molar-refractivity contribution in [3.8, 4) is 0 Å². The summed E-state index contributed by atoms with van der Waals surface area (Å²) in [6.45, 7) is 5.48. The number of cyclic esters (lactones) is 1. The number of carbonyl (C=O) groups excluding carboxylic acids is 1. The van der Waals surface area contributed by atoms with Gasteiger partial charge in [-0.3, -0.25) is 4.79 Å². The Bertz CT molecular complexity index is 198. The average Bonchev–Trinajstić information content (AvgIpc) is 2.09. The molecule has 3 nitrogen and oxygen atoms in total. The molecule has 0 radical (unpaired) electrons. The van der Waals surface area contributed by atoms with Gasteiger partial charge in [0.25, 0.3) is 0 Å². The Labute approximate surface area is 79.1 Å². The maximum absolute atomic E-state index is 11.2.